The van der Waals surface area contributed by atoms with E-state index in [1.54, 1.807) is 7.05 Å². The molecule has 6 heteroatoms. The minimum absolute atomic E-state index is 0.202. The molecule has 0 atom stereocenters. The average molecular weight is 284 g/mol. The average Bonchev–Trinajstić information content (AvgIpc) is 2.38. The van der Waals surface area contributed by atoms with Crippen LogP contribution in [0.15, 0.2) is 52.4 Å². The fraction of sp³-hybridized carbons (Fsp3) is 0.154. The fourth-order valence-corrected chi connectivity index (χ4v) is 2.32. The summed E-state index contributed by atoms with van der Waals surface area (Å²) in [6.45, 7) is 0. The third kappa shape index (κ3) is 3.64. The molecular formula is C13H11F3N2S. The number of aromatic nitrogens is 1. The Hall–Kier alpha value is -1.69. The standard InChI is InChI=1S/C13H11F3N2S/c1-17-11-7-9(13(14,15)16)8-12(18-11)19-10-5-3-2-4-6-10/h2-8H,1H3,(H,17,18). The number of rotatable bonds is 3. The van der Waals surface area contributed by atoms with Gasteiger partial charge >= 0.3 is 6.18 Å². The van der Waals surface area contributed by atoms with Crippen molar-refractivity contribution in [3.8, 4) is 0 Å². The minimum Gasteiger partial charge on any atom is -0.373 e. The van der Waals surface area contributed by atoms with Crippen molar-refractivity contribution in [3.05, 3.63) is 48.0 Å². The molecule has 100 valence electrons. The molecule has 0 saturated heterocycles. The van der Waals surface area contributed by atoms with Crippen LogP contribution in [0, 0.1) is 0 Å². The van der Waals surface area contributed by atoms with Crippen LogP contribution < -0.4 is 5.32 Å². The van der Waals surface area contributed by atoms with Crippen molar-refractivity contribution < 1.29 is 13.2 Å². The Balaban J connectivity index is 2.35. The quantitative estimate of drug-likeness (QED) is 0.910. The fourth-order valence-electron chi connectivity index (χ4n) is 1.46. The first-order chi connectivity index (χ1) is 8.99. The zero-order valence-corrected chi connectivity index (χ0v) is 10.8. The molecule has 0 aliphatic heterocycles. The number of benzene rings is 1. The summed E-state index contributed by atoms with van der Waals surface area (Å²) >= 11 is 1.20. The van der Waals surface area contributed by atoms with Gasteiger partial charge in [0.15, 0.2) is 0 Å². The molecule has 2 nitrogen and oxygen atoms in total. The van der Waals surface area contributed by atoms with E-state index in [-0.39, 0.29) is 5.82 Å². The summed E-state index contributed by atoms with van der Waals surface area (Å²) in [5.41, 5.74) is -0.703. The lowest BCUT2D eigenvalue weighted by Gasteiger charge is -2.11. The molecule has 19 heavy (non-hydrogen) atoms. The second-order valence-electron chi connectivity index (χ2n) is 3.74. The highest BCUT2D eigenvalue weighted by Gasteiger charge is 2.31. The lowest BCUT2D eigenvalue weighted by Crippen LogP contribution is -2.07. The SMILES string of the molecule is CNc1cc(C(F)(F)F)cc(Sc2ccccc2)n1. The van der Waals surface area contributed by atoms with Crippen molar-refractivity contribution >= 4 is 17.6 Å². The molecule has 1 aromatic carbocycles. The van der Waals surface area contributed by atoms with Gasteiger partial charge in [0, 0.05) is 11.9 Å². The predicted molar refractivity (Wildman–Crippen MR) is 69.4 cm³/mol. The molecule has 1 aromatic heterocycles. The van der Waals surface area contributed by atoms with Crippen molar-refractivity contribution in [2.45, 2.75) is 16.1 Å². The summed E-state index contributed by atoms with van der Waals surface area (Å²) in [7, 11) is 1.54. The second kappa shape index (κ2) is 5.52. The molecule has 0 fully saturated rings. The largest absolute Gasteiger partial charge is 0.416 e. The Labute approximate surface area is 113 Å². The number of anilines is 1. The van der Waals surface area contributed by atoms with Gasteiger partial charge in [-0.25, -0.2) is 4.98 Å². The maximum absolute atomic E-state index is 12.8. The molecule has 0 radical (unpaired) electrons. The van der Waals surface area contributed by atoms with Gasteiger partial charge in [0.2, 0.25) is 0 Å². The number of halogens is 3. The van der Waals surface area contributed by atoms with Crippen molar-refractivity contribution in [2.24, 2.45) is 0 Å². The van der Waals surface area contributed by atoms with Crippen molar-refractivity contribution in [3.63, 3.8) is 0 Å². The van der Waals surface area contributed by atoms with Crippen LogP contribution in [-0.2, 0) is 6.18 Å². The maximum atomic E-state index is 12.8. The second-order valence-corrected chi connectivity index (χ2v) is 4.84. The zero-order chi connectivity index (χ0) is 13.9. The van der Waals surface area contributed by atoms with Gasteiger partial charge in [0.1, 0.15) is 10.8 Å². The maximum Gasteiger partial charge on any atom is 0.416 e. The first-order valence-electron chi connectivity index (χ1n) is 5.49. The first kappa shape index (κ1) is 13.7. The van der Waals surface area contributed by atoms with Crippen LogP contribution in [0.5, 0.6) is 0 Å². The van der Waals surface area contributed by atoms with E-state index in [1.807, 2.05) is 30.3 Å². The molecule has 0 amide bonds. The van der Waals surface area contributed by atoms with Gasteiger partial charge in [-0.2, -0.15) is 13.2 Å². The molecule has 1 N–H and O–H groups in total. The number of alkyl halides is 3. The summed E-state index contributed by atoms with van der Waals surface area (Å²) < 4.78 is 38.3. The van der Waals surface area contributed by atoms with Gasteiger partial charge in [-0.15, -0.1) is 0 Å². The minimum atomic E-state index is -4.37. The Morgan fingerprint density at radius 1 is 1.11 bits per heavy atom. The molecular weight excluding hydrogens is 273 g/mol. The lowest BCUT2D eigenvalue weighted by atomic mass is 10.2. The van der Waals surface area contributed by atoms with Crippen LogP contribution in [0.3, 0.4) is 0 Å². The first-order valence-corrected chi connectivity index (χ1v) is 6.30. The predicted octanol–water partition coefficient (Wildman–Crippen LogP) is 4.29. The Kier molecular flexibility index (Phi) is 3.99. The third-order valence-electron chi connectivity index (χ3n) is 2.35. The highest BCUT2D eigenvalue weighted by molar-refractivity contribution is 7.99. The smallest absolute Gasteiger partial charge is 0.373 e. The number of hydrogen-bond donors (Lipinski definition) is 1. The van der Waals surface area contributed by atoms with Crippen LogP contribution in [0.25, 0.3) is 0 Å². The van der Waals surface area contributed by atoms with E-state index in [0.717, 1.165) is 17.0 Å². The van der Waals surface area contributed by atoms with Crippen LogP contribution >= 0.6 is 11.8 Å². The van der Waals surface area contributed by atoms with Gasteiger partial charge in [-0.3, -0.25) is 0 Å². The zero-order valence-electron chi connectivity index (χ0n) is 10.0. The number of nitrogens with zero attached hydrogens (tertiary/aromatic N) is 1. The normalized spacial score (nSPS) is 11.4. The molecule has 2 rings (SSSR count). The van der Waals surface area contributed by atoms with E-state index in [4.69, 9.17) is 0 Å². The van der Waals surface area contributed by atoms with E-state index in [2.05, 4.69) is 10.3 Å². The van der Waals surface area contributed by atoms with Crippen LogP contribution in [0.4, 0.5) is 19.0 Å². The van der Waals surface area contributed by atoms with Crippen molar-refractivity contribution in [2.75, 3.05) is 12.4 Å². The van der Waals surface area contributed by atoms with E-state index < -0.39 is 11.7 Å². The van der Waals surface area contributed by atoms with Crippen LogP contribution in [-0.4, -0.2) is 12.0 Å². The molecule has 0 unspecified atom stereocenters. The van der Waals surface area contributed by atoms with Gasteiger partial charge in [0.25, 0.3) is 0 Å². The highest BCUT2D eigenvalue weighted by atomic mass is 32.2. The van der Waals surface area contributed by atoms with E-state index >= 15 is 0 Å². The molecule has 2 aromatic rings. The summed E-state index contributed by atoms with van der Waals surface area (Å²) in [6, 6.07) is 11.2. The van der Waals surface area contributed by atoms with E-state index in [9.17, 15) is 13.2 Å². The summed E-state index contributed by atoms with van der Waals surface area (Å²) in [4.78, 5) is 4.96. The highest BCUT2D eigenvalue weighted by Crippen LogP contribution is 2.34. The monoisotopic (exact) mass is 284 g/mol. The molecule has 0 aliphatic carbocycles. The van der Waals surface area contributed by atoms with E-state index in [1.165, 1.54) is 11.8 Å². The van der Waals surface area contributed by atoms with Crippen LogP contribution in [0.2, 0.25) is 0 Å². The Bertz CT molecular complexity index is 556. The molecule has 0 saturated carbocycles. The summed E-state index contributed by atoms with van der Waals surface area (Å²) in [5, 5.41) is 2.95. The van der Waals surface area contributed by atoms with Gasteiger partial charge < -0.3 is 5.32 Å². The molecule has 0 aliphatic rings. The topological polar surface area (TPSA) is 24.9 Å². The number of nitrogens with one attached hydrogen (secondary N) is 1. The molecule has 0 bridgehead atoms. The molecule has 0 spiro atoms. The number of pyridine rings is 1. The summed E-state index contributed by atoms with van der Waals surface area (Å²) in [5.74, 6) is 0.202. The summed E-state index contributed by atoms with van der Waals surface area (Å²) in [6.07, 6.45) is -4.37. The lowest BCUT2D eigenvalue weighted by molar-refractivity contribution is -0.137. The van der Waals surface area contributed by atoms with Crippen LogP contribution in [0.1, 0.15) is 5.56 Å². The van der Waals surface area contributed by atoms with Gasteiger partial charge in [-0.05, 0) is 24.3 Å². The van der Waals surface area contributed by atoms with Crippen molar-refractivity contribution in [1.29, 1.82) is 0 Å². The van der Waals surface area contributed by atoms with Crippen molar-refractivity contribution in [1.82, 2.24) is 4.98 Å². The Morgan fingerprint density at radius 2 is 1.79 bits per heavy atom. The third-order valence-corrected chi connectivity index (χ3v) is 3.28. The van der Waals surface area contributed by atoms with Gasteiger partial charge in [-0.1, -0.05) is 30.0 Å². The van der Waals surface area contributed by atoms with E-state index in [0.29, 0.717) is 5.03 Å². The Morgan fingerprint density at radius 3 is 2.37 bits per heavy atom. The molecule has 1 heterocycles. The number of hydrogen-bond acceptors (Lipinski definition) is 3. The van der Waals surface area contributed by atoms with Gasteiger partial charge in [0.05, 0.1) is 5.56 Å².